The van der Waals surface area contributed by atoms with E-state index in [1.807, 2.05) is 0 Å². The summed E-state index contributed by atoms with van der Waals surface area (Å²) in [6.07, 6.45) is -0.753. The Morgan fingerprint density at radius 3 is 2.86 bits per heavy atom. The highest BCUT2D eigenvalue weighted by molar-refractivity contribution is 5.11. The summed E-state index contributed by atoms with van der Waals surface area (Å²) < 4.78 is 6.70. The van der Waals surface area contributed by atoms with Crippen molar-refractivity contribution in [1.29, 1.82) is 0 Å². The van der Waals surface area contributed by atoms with Crippen molar-refractivity contribution in [1.82, 2.24) is 9.55 Å². The lowest BCUT2D eigenvalue weighted by Crippen LogP contribution is -2.51. The summed E-state index contributed by atoms with van der Waals surface area (Å²) >= 11 is 0. The van der Waals surface area contributed by atoms with E-state index in [-0.39, 0.29) is 6.61 Å². The van der Waals surface area contributed by atoms with E-state index >= 15 is 0 Å². The third-order valence-corrected chi connectivity index (χ3v) is 4.64. The summed E-state index contributed by atoms with van der Waals surface area (Å²) in [6.45, 7) is 1.27. The van der Waals surface area contributed by atoms with Gasteiger partial charge >= 0.3 is 5.69 Å². The van der Waals surface area contributed by atoms with Gasteiger partial charge in [-0.1, -0.05) is 0 Å². The molecule has 1 aromatic heterocycles. The quantitative estimate of drug-likeness (QED) is 0.512. The van der Waals surface area contributed by atoms with Crippen molar-refractivity contribution in [2.75, 3.05) is 6.61 Å². The Labute approximate surface area is 119 Å². The Kier molecular flexibility index (Phi) is 3.28. The minimum atomic E-state index is -1.58. The second-order valence-electron chi connectivity index (χ2n) is 5.78. The first-order valence-corrected chi connectivity index (χ1v) is 6.88. The number of aryl methyl sites for hydroxylation is 1. The number of H-pyrrole nitrogens is 1. The first kappa shape index (κ1) is 14.5. The fourth-order valence-electron chi connectivity index (χ4n) is 3.39. The van der Waals surface area contributed by atoms with Crippen LogP contribution >= 0.6 is 0 Å². The molecule has 4 N–H and O–H groups in total. The van der Waals surface area contributed by atoms with Crippen LogP contribution in [0.3, 0.4) is 0 Å². The molecule has 3 rings (SSSR count). The van der Waals surface area contributed by atoms with Gasteiger partial charge in [0.1, 0.15) is 11.7 Å². The Hall–Kier alpha value is -1.48. The standard InChI is InChI=1S/C13H18N2O6/c1-6-4-15(12(19)14-10(6)18)11-9(17)13(20)7(5-16)2-3-8(13)21-11/h4,7-9,11,16-17,20H,2-3,5H2,1H3,(H,14,18,19)/t7-,8-,9+,11-,13-/m1/s1. The highest BCUT2D eigenvalue weighted by atomic mass is 16.6. The molecule has 0 aromatic carbocycles. The molecule has 5 atom stereocenters. The average molecular weight is 298 g/mol. The third kappa shape index (κ3) is 1.90. The molecule has 0 amide bonds. The normalized spacial score (nSPS) is 38.7. The Morgan fingerprint density at radius 1 is 1.48 bits per heavy atom. The molecule has 1 aliphatic heterocycles. The fourth-order valence-corrected chi connectivity index (χ4v) is 3.39. The van der Waals surface area contributed by atoms with E-state index in [4.69, 9.17) is 4.74 Å². The summed E-state index contributed by atoms with van der Waals surface area (Å²) in [7, 11) is 0. The monoisotopic (exact) mass is 298 g/mol. The van der Waals surface area contributed by atoms with Crippen LogP contribution in [0.4, 0.5) is 0 Å². The molecule has 1 saturated carbocycles. The van der Waals surface area contributed by atoms with E-state index in [9.17, 15) is 24.9 Å². The molecule has 1 saturated heterocycles. The van der Waals surface area contributed by atoms with Crippen LogP contribution in [0.15, 0.2) is 15.8 Å². The van der Waals surface area contributed by atoms with E-state index in [1.54, 1.807) is 0 Å². The zero-order valence-electron chi connectivity index (χ0n) is 11.5. The second kappa shape index (κ2) is 4.77. The van der Waals surface area contributed by atoms with Gasteiger partial charge in [-0.3, -0.25) is 14.3 Å². The molecule has 8 heteroatoms. The van der Waals surface area contributed by atoms with Crippen molar-refractivity contribution in [2.24, 2.45) is 5.92 Å². The molecule has 0 bridgehead atoms. The number of aromatic nitrogens is 2. The largest absolute Gasteiger partial charge is 0.396 e. The zero-order chi connectivity index (χ0) is 15.4. The number of nitrogens with zero attached hydrogens (tertiary/aromatic N) is 1. The lowest BCUT2D eigenvalue weighted by molar-refractivity contribution is -0.105. The zero-order valence-corrected chi connectivity index (χ0v) is 11.5. The van der Waals surface area contributed by atoms with Crippen molar-refractivity contribution >= 4 is 0 Å². The van der Waals surface area contributed by atoms with Crippen LogP contribution in [0.25, 0.3) is 0 Å². The van der Waals surface area contributed by atoms with Crippen LogP contribution < -0.4 is 11.2 Å². The number of nitrogens with one attached hydrogen (secondary N) is 1. The van der Waals surface area contributed by atoms with Crippen molar-refractivity contribution in [3.8, 4) is 0 Å². The van der Waals surface area contributed by atoms with Gasteiger partial charge in [0, 0.05) is 24.3 Å². The minimum Gasteiger partial charge on any atom is -0.396 e. The molecule has 116 valence electrons. The summed E-state index contributed by atoms with van der Waals surface area (Å²) in [5, 5.41) is 30.4. The molecule has 21 heavy (non-hydrogen) atoms. The first-order chi connectivity index (χ1) is 9.89. The van der Waals surface area contributed by atoms with Crippen LogP contribution in [0, 0.1) is 12.8 Å². The fraction of sp³-hybridized carbons (Fsp3) is 0.692. The summed E-state index contributed by atoms with van der Waals surface area (Å²) in [5.74, 6) is -0.498. The minimum absolute atomic E-state index is 0.264. The maximum absolute atomic E-state index is 11.9. The van der Waals surface area contributed by atoms with Gasteiger partial charge in [-0.25, -0.2) is 4.79 Å². The van der Waals surface area contributed by atoms with Gasteiger partial charge in [0.2, 0.25) is 0 Å². The number of aliphatic hydroxyl groups is 3. The van der Waals surface area contributed by atoms with Gasteiger partial charge in [-0.15, -0.1) is 0 Å². The lowest BCUT2D eigenvalue weighted by Gasteiger charge is -2.31. The highest BCUT2D eigenvalue weighted by Crippen LogP contribution is 2.49. The van der Waals surface area contributed by atoms with E-state index in [2.05, 4.69) is 4.98 Å². The number of rotatable bonds is 2. The van der Waals surface area contributed by atoms with Gasteiger partial charge in [-0.05, 0) is 19.8 Å². The van der Waals surface area contributed by atoms with E-state index in [0.717, 1.165) is 4.57 Å². The molecule has 2 fully saturated rings. The van der Waals surface area contributed by atoms with Gasteiger partial charge in [0.15, 0.2) is 6.23 Å². The maximum atomic E-state index is 11.9. The Bertz CT molecular complexity index is 667. The molecular formula is C13H18N2O6. The highest BCUT2D eigenvalue weighted by Gasteiger charge is 2.62. The molecule has 0 radical (unpaired) electrons. The van der Waals surface area contributed by atoms with Crippen LogP contribution in [0.1, 0.15) is 24.6 Å². The number of ether oxygens (including phenoxy) is 1. The predicted molar refractivity (Wildman–Crippen MR) is 70.7 cm³/mol. The van der Waals surface area contributed by atoms with E-state index < -0.39 is 41.2 Å². The van der Waals surface area contributed by atoms with Gasteiger partial charge in [-0.2, -0.15) is 0 Å². The molecule has 0 unspecified atom stereocenters. The van der Waals surface area contributed by atoms with E-state index in [0.29, 0.717) is 18.4 Å². The SMILES string of the molecule is Cc1cn([C@@H]2O[C@@H]3CC[C@H](CO)[C@]3(O)[C@H]2O)c(=O)[nH]c1=O. The molecule has 1 aromatic rings. The maximum Gasteiger partial charge on any atom is 0.330 e. The number of aliphatic hydroxyl groups excluding tert-OH is 2. The Morgan fingerprint density at radius 2 is 2.19 bits per heavy atom. The number of fused-ring (bicyclic) bond motifs is 1. The van der Waals surface area contributed by atoms with Gasteiger partial charge in [0.25, 0.3) is 5.56 Å². The topological polar surface area (TPSA) is 125 Å². The summed E-state index contributed by atoms with van der Waals surface area (Å²) in [4.78, 5) is 25.4. The van der Waals surface area contributed by atoms with Gasteiger partial charge in [0.05, 0.1) is 6.10 Å². The molecule has 2 aliphatic rings. The average Bonchev–Trinajstić information content (AvgIpc) is 2.88. The van der Waals surface area contributed by atoms with Crippen molar-refractivity contribution in [3.63, 3.8) is 0 Å². The van der Waals surface area contributed by atoms with Gasteiger partial charge < -0.3 is 20.1 Å². The summed E-state index contributed by atoms with van der Waals surface area (Å²) in [6, 6.07) is 0. The number of aromatic amines is 1. The van der Waals surface area contributed by atoms with E-state index in [1.165, 1.54) is 13.1 Å². The first-order valence-electron chi connectivity index (χ1n) is 6.88. The molecular weight excluding hydrogens is 280 g/mol. The molecule has 1 aliphatic carbocycles. The van der Waals surface area contributed by atoms with Crippen LogP contribution in [-0.2, 0) is 4.74 Å². The predicted octanol–water partition coefficient (Wildman–Crippen LogP) is -1.76. The van der Waals surface area contributed by atoms with Crippen LogP contribution in [0.2, 0.25) is 0 Å². The van der Waals surface area contributed by atoms with Crippen LogP contribution in [0.5, 0.6) is 0 Å². The molecule has 2 heterocycles. The second-order valence-corrected chi connectivity index (χ2v) is 5.78. The van der Waals surface area contributed by atoms with Crippen molar-refractivity contribution < 1.29 is 20.1 Å². The summed E-state index contributed by atoms with van der Waals surface area (Å²) in [5.41, 5.74) is -2.49. The third-order valence-electron chi connectivity index (χ3n) is 4.64. The van der Waals surface area contributed by atoms with Crippen molar-refractivity contribution in [2.45, 2.75) is 43.8 Å². The van der Waals surface area contributed by atoms with Crippen LogP contribution in [-0.4, -0.2) is 49.3 Å². The molecule has 0 spiro atoms. The van der Waals surface area contributed by atoms with Crippen molar-refractivity contribution in [3.05, 3.63) is 32.6 Å². The number of hydrogen-bond donors (Lipinski definition) is 4. The molecule has 8 nitrogen and oxygen atoms in total. The smallest absolute Gasteiger partial charge is 0.330 e. The lowest BCUT2D eigenvalue weighted by atomic mass is 9.85. The number of hydrogen-bond acceptors (Lipinski definition) is 6. The Balaban J connectivity index is 2.02.